The van der Waals surface area contributed by atoms with E-state index in [2.05, 4.69) is 0 Å². The molecule has 8 heteroatoms. The van der Waals surface area contributed by atoms with E-state index in [1.54, 1.807) is 20.8 Å². The minimum Gasteiger partial charge on any atom is -0.458 e. The van der Waals surface area contributed by atoms with Gasteiger partial charge in [0, 0.05) is 31.6 Å². The number of aliphatic hydroxyl groups is 2. The third kappa shape index (κ3) is 5.18. The Kier molecular flexibility index (Phi) is 8.17. The molecule has 1 aliphatic heterocycles. The Hall–Kier alpha value is -2.55. The van der Waals surface area contributed by atoms with Gasteiger partial charge in [-0.1, -0.05) is 37.3 Å². The summed E-state index contributed by atoms with van der Waals surface area (Å²) in [5.74, 6) is -2.45. The SMILES string of the molecule is CC(=O)O[C@H]1C(=O)[C@](C)([C@H](C)O)C(C2COC2)C[C@]2(O)C[C@H](OC(=O)CCc3ccccc3)C(C)=C1[C@@H]2C. The van der Waals surface area contributed by atoms with E-state index in [1.807, 2.05) is 37.3 Å². The molecule has 2 aliphatic carbocycles. The predicted molar refractivity (Wildman–Crippen MR) is 139 cm³/mol. The molecule has 1 saturated heterocycles. The Morgan fingerprint density at radius 2 is 1.82 bits per heavy atom. The molecule has 0 radical (unpaired) electrons. The van der Waals surface area contributed by atoms with Crippen molar-refractivity contribution in [2.45, 2.75) is 84.2 Å². The second-order valence-electron chi connectivity index (χ2n) is 11.6. The van der Waals surface area contributed by atoms with Gasteiger partial charge in [-0.3, -0.25) is 14.4 Å². The van der Waals surface area contributed by atoms with E-state index in [0.29, 0.717) is 30.8 Å². The Bertz CT molecular complexity index is 1090. The van der Waals surface area contributed by atoms with E-state index in [9.17, 15) is 24.6 Å². The fraction of sp³-hybridized carbons (Fsp3) is 0.633. The molecule has 2 N–H and O–H groups in total. The smallest absolute Gasteiger partial charge is 0.306 e. The largest absolute Gasteiger partial charge is 0.458 e. The number of benzene rings is 1. The monoisotopic (exact) mass is 528 g/mol. The molecule has 208 valence electrons. The summed E-state index contributed by atoms with van der Waals surface area (Å²) in [5, 5.41) is 23.1. The van der Waals surface area contributed by atoms with Crippen LogP contribution < -0.4 is 0 Å². The van der Waals surface area contributed by atoms with Crippen molar-refractivity contribution in [2.24, 2.45) is 23.2 Å². The highest BCUT2D eigenvalue weighted by Crippen LogP contribution is 2.54. The highest BCUT2D eigenvalue weighted by atomic mass is 16.6. The van der Waals surface area contributed by atoms with Crippen molar-refractivity contribution >= 4 is 17.7 Å². The predicted octanol–water partition coefficient (Wildman–Crippen LogP) is 3.17. The minimum absolute atomic E-state index is 0.0480. The first kappa shape index (κ1) is 28.5. The molecule has 1 unspecified atom stereocenters. The molecular formula is C30H40O8. The Morgan fingerprint density at radius 1 is 1.16 bits per heavy atom. The quantitative estimate of drug-likeness (QED) is 0.409. The van der Waals surface area contributed by atoms with E-state index < -0.39 is 58.9 Å². The van der Waals surface area contributed by atoms with Crippen molar-refractivity contribution < 1.29 is 38.8 Å². The van der Waals surface area contributed by atoms with Gasteiger partial charge in [-0.25, -0.2) is 0 Å². The third-order valence-corrected chi connectivity index (χ3v) is 9.26. The summed E-state index contributed by atoms with van der Waals surface area (Å²) in [4.78, 5) is 39.4. The number of hydrogen-bond acceptors (Lipinski definition) is 8. The number of carbonyl (C=O) groups is 3. The van der Waals surface area contributed by atoms with E-state index in [1.165, 1.54) is 6.92 Å². The van der Waals surface area contributed by atoms with Gasteiger partial charge in [-0.15, -0.1) is 0 Å². The van der Waals surface area contributed by atoms with Crippen LogP contribution in [0.4, 0.5) is 0 Å². The van der Waals surface area contributed by atoms with Gasteiger partial charge < -0.3 is 24.4 Å². The van der Waals surface area contributed by atoms with Gasteiger partial charge in [0.2, 0.25) is 0 Å². The van der Waals surface area contributed by atoms with Crippen LogP contribution in [-0.2, 0) is 35.0 Å². The number of aryl methyl sites for hydroxylation is 1. The van der Waals surface area contributed by atoms with Gasteiger partial charge in [0.15, 0.2) is 11.9 Å². The Morgan fingerprint density at radius 3 is 2.37 bits per heavy atom. The van der Waals surface area contributed by atoms with Gasteiger partial charge in [-0.2, -0.15) is 0 Å². The lowest BCUT2D eigenvalue weighted by molar-refractivity contribution is -0.185. The Labute approximate surface area is 224 Å². The lowest BCUT2D eigenvalue weighted by atomic mass is 9.54. The van der Waals surface area contributed by atoms with Gasteiger partial charge >= 0.3 is 11.9 Å². The average molecular weight is 529 g/mol. The molecule has 2 bridgehead atoms. The molecule has 8 nitrogen and oxygen atoms in total. The number of hydrogen-bond donors (Lipinski definition) is 2. The van der Waals surface area contributed by atoms with E-state index in [-0.39, 0.29) is 25.2 Å². The summed E-state index contributed by atoms with van der Waals surface area (Å²) in [7, 11) is 0. The molecule has 1 saturated carbocycles. The minimum atomic E-state index is -1.35. The molecule has 0 spiro atoms. The fourth-order valence-electron chi connectivity index (χ4n) is 6.54. The van der Waals surface area contributed by atoms with Crippen LogP contribution in [0, 0.1) is 23.2 Å². The second-order valence-corrected chi connectivity index (χ2v) is 11.6. The van der Waals surface area contributed by atoms with Crippen LogP contribution in [-0.4, -0.2) is 65.1 Å². The molecule has 0 aromatic heterocycles. The molecule has 1 aromatic carbocycles. The van der Waals surface area contributed by atoms with Gasteiger partial charge in [0.05, 0.1) is 30.3 Å². The van der Waals surface area contributed by atoms with Gasteiger partial charge in [-0.05, 0) is 56.2 Å². The molecule has 0 amide bonds. The van der Waals surface area contributed by atoms with Gasteiger partial charge in [0.1, 0.15) is 6.10 Å². The average Bonchev–Trinajstić information content (AvgIpc) is 2.83. The van der Waals surface area contributed by atoms with Crippen LogP contribution in [0.25, 0.3) is 0 Å². The van der Waals surface area contributed by atoms with Gasteiger partial charge in [0.25, 0.3) is 0 Å². The number of Topliss-reactive ketones (excluding diaryl/α,β-unsaturated/α-hetero) is 1. The number of ether oxygens (including phenoxy) is 3. The molecule has 2 fully saturated rings. The van der Waals surface area contributed by atoms with Crippen LogP contribution in [0.2, 0.25) is 0 Å². The zero-order valence-electron chi connectivity index (χ0n) is 22.9. The number of fused-ring (bicyclic) bond motifs is 2. The molecule has 1 heterocycles. The lowest BCUT2D eigenvalue weighted by Crippen LogP contribution is -2.62. The number of carbonyl (C=O) groups excluding carboxylic acids is 3. The topological polar surface area (TPSA) is 119 Å². The van der Waals surface area contributed by atoms with E-state index in [4.69, 9.17) is 14.2 Å². The number of esters is 2. The summed E-state index contributed by atoms with van der Waals surface area (Å²) in [6, 6.07) is 9.64. The first-order valence-electron chi connectivity index (χ1n) is 13.5. The first-order valence-corrected chi connectivity index (χ1v) is 13.5. The highest BCUT2D eigenvalue weighted by molar-refractivity contribution is 5.94. The molecule has 38 heavy (non-hydrogen) atoms. The number of aliphatic hydroxyl groups excluding tert-OH is 1. The zero-order chi connectivity index (χ0) is 27.8. The first-order chi connectivity index (χ1) is 17.9. The molecule has 1 aromatic rings. The van der Waals surface area contributed by atoms with Crippen molar-refractivity contribution in [3.8, 4) is 0 Å². The fourth-order valence-corrected chi connectivity index (χ4v) is 6.54. The zero-order valence-corrected chi connectivity index (χ0v) is 22.9. The molecule has 7 atom stereocenters. The highest BCUT2D eigenvalue weighted by Gasteiger charge is 2.61. The molecule has 3 aliphatic rings. The summed E-state index contributed by atoms with van der Waals surface area (Å²) >= 11 is 0. The maximum atomic E-state index is 14.2. The normalized spacial score (nSPS) is 34.6. The summed E-state index contributed by atoms with van der Waals surface area (Å²) in [5.41, 5.74) is -0.561. The van der Waals surface area contributed by atoms with E-state index >= 15 is 0 Å². The number of ketones is 1. The van der Waals surface area contributed by atoms with Crippen molar-refractivity contribution in [2.75, 3.05) is 13.2 Å². The summed E-state index contributed by atoms with van der Waals surface area (Å²) in [6.07, 6.45) is -2.06. The standard InChI is InChI=1S/C30H40O8/c1-17-24(38-25(33)12-11-21-9-7-6-8-10-21)14-30(35)13-23(22-15-36-16-22)29(5,19(3)31)28(34)27(37-20(4)32)26(17)18(30)2/h6-10,18-19,22-24,27,31,35H,11-16H2,1-5H3/t18-,19-,23?,24-,27+,29+,30-/m0/s1. The molecular weight excluding hydrogens is 488 g/mol. The molecule has 4 rings (SSSR count). The van der Waals surface area contributed by atoms with Crippen molar-refractivity contribution in [1.29, 1.82) is 0 Å². The van der Waals surface area contributed by atoms with Crippen molar-refractivity contribution in [1.82, 2.24) is 0 Å². The summed E-state index contributed by atoms with van der Waals surface area (Å²) < 4.78 is 17.0. The van der Waals surface area contributed by atoms with Crippen LogP contribution in [0.1, 0.15) is 59.4 Å². The third-order valence-electron chi connectivity index (χ3n) is 9.26. The van der Waals surface area contributed by atoms with Crippen LogP contribution in [0.15, 0.2) is 41.5 Å². The maximum Gasteiger partial charge on any atom is 0.306 e. The van der Waals surface area contributed by atoms with Crippen molar-refractivity contribution in [3.05, 3.63) is 47.0 Å². The van der Waals surface area contributed by atoms with Crippen LogP contribution in [0.5, 0.6) is 0 Å². The van der Waals surface area contributed by atoms with E-state index in [0.717, 1.165) is 5.56 Å². The Balaban J connectivity index is 1.72. The maximum absolute atomic E-state index is 14.2. The second kappa shape index (κ2) is 10.9. The van der Waals surface area contributed by atoms with Crippen LogP contribution >= 0.6 is 0 Å². The number of rotatable bonds is 7. The van der Waals surface area contributed by atoms with Crippen LogP contribution in [0.3, 0.4) is 0 Å². The lowest BCUT2D eigenvalue weighted by Gasteiger charge is -2.55. The summed E-state index contributed by atoms with van der Waals surface area (Å²) in [6.45, 7) is 8.94. The van der Waals surface area contributed by atoms with Crippen molar-refractivity contribution in [3.63, 3.8) is 0 Å².